The van der Waals surface area contributed by atoms with Crippen LogP contribution < -0.4 is 14.8 Å². The number of ether oxygens (including phenoxy) is 2. The minimum atomic E-state index is 0.0868. The zero-order chi connectivity index (χ0) is 16.8. The van der Waals surface area contributed by atoms with Crippen LogP contribution in [0.25, 0.3) is 0 Å². The lowest BCUT2D eigenvalue weighted by Crippen LogP contribution is -2.41. The van der Waals surface area contributed by atoms with Gasteiger partial charge in [-0.15, -0.1) is 0 Å². The van der Waals surface area contributed by atoms with E-state index in [1.807, 2.05) is 12.1 Å². The van der Waals surface area contributed by atoms with Crippen LogP contribution in [0, 0.1) is 5.41 Å². The van der Waals surface area contributed by atoms with Gasteiger partial charge in [-0.3, -0.25) is 0 Å². The topological polar surface area (TPSA) is 30.5 Å². The van der Waals surface area contributed by atoms with Crippen molar-refractivity contribution in [2.45, 2.75) is 53.1 Å². The molecule has 0 atom stereocenters. The second-order valence-electron chi connectivity index (χ2n) is 7.56. The molecule has 1 aromatic rings. The van der Waals surface area contributed by atoms with Crippen LogP contribution in [0.15, 0.2) is 30.9 Å². The van der Waals surface area contributed by atoms with Crippen molar-refractivity contribution in [1.29, 1.82) is 0 Å². The average molecular weight is 305 g/mol. The number of benzene rings is 1. The standard InChI is InChI=1S/C19H31NO2/c1-8-11-22-16-10-9-15(12-17(16)21-7)13-20-19(5,6)14-18(2,3)4/h8-10,12,20H,1,11,13-14H2,2-7H3. The maximum Gasteiger partial charge on any atom is 0.161 e. The number of rotatable bonds is 8. The van der Waals surface area contributed by atoms with Crippen LogP contribution in [0.4, 0.5) is 0 Å². The first kappa shape index (κ1) is 18.6. The van der Waals surface area contributed by atoms with Gasteiger partial charge in [-0.05, 0) is 43.4 Å². The normalized spacial score (nSPS) is 12.1. The van der Waals surface area contributed by atoms with E-state index >= 15 is 0 Å². The molecule has 0 amide bonds. The van der Waals surface area contributed by atoms with Crippen molar-refractivity contribution >= 4 is 0 Å². The third kappa shape index (κ3) is 6.52. The van der Waals surface area contributed by atoms with E-state index in [1.54, 1.807) is 13.2 Å². The van der Waals surface area contributed by atoms with Crippen molar-refractivity contribution in [3.05, 3.63) is 36.4 Å². The van der Waals surface area contributed by atoms with Crippen LogP contribution in [0.2, 0.25) is 0 Å². The van der Waals surface area contributed by atoms with Crippen LogP contribution in [-0.4, -0.2) is 19.3 Å². The molecule has 0 heterocycles. The summed E-state index contributed by atoms with van der Waals surface area (Å²) in [6.07, 6.45) is 2.83. The van der Waals surface area contributed by atoms with Crippen molar-refractivity contribution in [3.8, 4) is 11.5 Å². The van der Waals surface area contributed by atoms with Crippen molar-refractivity contribution in [2.24, 2.45) is 5.41 Å². The Morgan fingerprint density at radius 3 is 2.36 bits per heavy atom. The Morgan fingerprint density at radius 1 is 1.14 bits per heavy atom. The van der Waals surface area contributed by atoms with E-state index in [2.05, 4.69) is 52.6 Å². The third-order valence-electron chi connectivity index (χ3n) is 3.33. The summed E-state index contributed by atoms with van der Waals surface area (Å²) in [6.45, 7) is 16.2. The van der Waals surface area contributed by atoms with Gasteiger partial charge in [0, 0.05) is 12.1 Å². The van der Waals surface area contributed by atoms with E-state index in [0.29, 0.717) is 12.0 Å². The molecular weight excluding hydrogens is 274 g/mol. The summed E-state index contributed by atoms with van der Waals surface area (Å²) in [4.78, 5) is 0. The fraction of sp³-hybridized carbons (Fsp3) is 0.579. The van der Waals surface area contributed by atoms with Gasteiger partial charge in [0.05, 0.1) is 7.11 Å². The Hall–Kier alpha value is -1.48. The lowest BCUT2D eigenvalue weighted by Gasteiger charge is -2.33. The van der Waals surface area contributed by atoms with Gasteiger partial charge in [0.15, 0.2) is 11.5 Å². The van der Waals surface area contributed by atoms with Gasteiger partial charge < -0.3 is 14.8 Å². The first-order valence-electron chi connectivity index (χ1n) is 7.82. The molecule has 22 heavy (non-hydrogen) atoms. The van der Waals surface area contributed by atoms with Gasteiger partial charge in [0.2, 0.25) is 0 Å². The summed E-state index contributed by atoms with van der Waals surface area (Å²) >= 11 is 0. The van der Waals surface area contributed by atoms with E-state index in [4.69, 9.17) is 9.47 Å². The molecule has 0 fully saturated rings. The second kappa shape index (κ2) is 7.68. The fourth-order valence-corrected chi connectivity index (χ4v) is 2.82. The highest BCUT2D eigenvalue weighted by molar-refractivity contribution is 5.43. The molecule has 0 unspecified atom stereocenters. The van der Waals surface area contributed by atoms with E-state index in [-0.39, 0.29) is 5.54 Å². The molecule has 3 nitrogen and oxygen atoms in total. The Morgan fingerprint density at radius 2 is 1.82 bits per heavy atom. The maximum atomic E-state index is 5.58. The third-order valence-corrected chi connectivity index (χ3v) is 3.33. The van der Waals surface area contributed by atoms with Crippen molar-refractivity contribution < 1.29 is 9.47 Å². The fourth-order valence-electron chi connectivity index (χ4n) is 2.82. The molecule has 0 aliphatic rings. The Labute approximate surface area is 135 Å². The SMILES string of the molecule is C=CCOc1ccc(CNC(C)(C)CC(C)(C)C)cc1OC. The predicted octanol–water partition coefficient (Wildman–Crippen LogP) is 4.56. The van der Waals surface area contributed by atoms with Crippen LogP contribution in [-0.2, 0) is 6.54 Å². The molecule has 1 rings (SSSR count). The predicted molar refractivity (Wildman–Crippen MR) is 93.7 cm³/mol. The van der Waals surface area contributed by atoms with E-state index in [9.17, 15) is 0 Å². The molecule has 124 valence electrons. The molecule has 0 saturated heterocycles. The van der Waals surface area contributed by atoms with E-state index < -0.39 is 0 Å². The smallest absolute Gasteiger partial charge is 0.161 e. The first-order chi connectivity index (χ1) is 10.2. The highest BCUT2D eigenvalue weighted by Gasteiger charge is 2.24. The van der Waals surface area contributed by atoms with Gasteiger partial charge in [0.1, 0.15) is 6.61 Å². The van der Waals surface area contributed by atoms with Crippen LogP contribution >= 0.6 is 0 Å². The minimum Gasteiger partial charge on any atom is -0.493 e. The van der Waals surface area contributed by atoms with Crippen molar-refractivity contribution in [1.82, 2.24) is 5.32 Å². The average Bonchev–Trinajstić information content (AvgIpc) is 2.40. The van der Waals surface area contributed by atoms with Crippen LogP contribution in [0.3, 0.4) is 0 Å². The second-order valence-corrected chi connectivity index (χ2v) is 7.56. The highest BCUT2D eigenvalue weighted by Crippen LogP contribution is 2.29. The molecule has 0 aromatic heterocycles. The number of hydrogen-bond donors (Lipinski definition) is 1. The minimum absolute atomic E-state index is 0.0868. The molecular formula is C19H31NO2. The van der Waals surface area contributed by atoms with Crippen molar-refractivity contribution in [2.75, 3.05) is 13.7 Å². The van der Waals surface area contributed by atoms with Gasteiger partial charge >= 0.3 is 0 Å². The lowest BCUT2D eigenvalue weighted by molar-refractivity contribution is 0.240. The van der Waals surface area contributed by atoms with Crippen molar-refractivity contribution in [3.63, 3.8) is 0 Å². The Balaban J connectivity index is 2.72. The van der Waals surface area contributed by atoms with E-state index in [0.717, 1.165) is 24.5 Å². The summed E-state index contributed by atoms with van der Waals surface area (Å²) in [7, 11) is 1.66. The highest BCUT2D eigenvalue weighted by atomic mass is 16.5. The molecule has 0 aliphatic carbocycles. The van der Waals surface area contributed by atoms with Gasteiger partial charge in [-0.25, -0.2) is 0 Å². The number of nitrogens with one attached hydrogen (secondary N) is 1. The number of hydrogen-bond acceptors (Lipinski definition) is 3. The molecule has 0 radical (unpaired) electrons. The zero-order valence-electron chi connectivity index (χ0n) is 15.0. The summed E-state index contributed by atoms with van der Waals surface area (Å²) in [5.74, 6) is 1.51. The summed E-state index contributed by atoms with van der Waals surface area (Å²) in [5, 5.41) is 3.63. The molecule has 1 N–H and O–H groups in total. The van der Waals surface area contributed by atoms with Crippen LogP contribution in [0.1, 0.15) is 46.6 Å². The molecule has 0 aliphatic heterocycles. The monoisotopic (exact) mass is 305 g/mol. The first-order valence-corrected chi connectivity index (χ1v) is 7.82. The van der Waals surface area contributed by atoms with Crippen LogP contribution in [0.5, 0.6) is 11.5 Å². The number of methoxy groups -OCH3 is 1. The maximum absolute atomic E-state index is 5.58. The van der Waals surface area contributed by atoms with E-state index in [1.165, 1.54) is 5.56 Å². The zero-order valence-corrected chi connectivity index (χ0v) is 15.0. The largest absolute Gasteiger partial charge is 0.493 e. The quantitative estimate of drug-likeness (QED) is 0.714. The molecule has 0 saturated carbocycles. The Bertz CT molecular complexity index is 487. The Kier molecular flexibility index (Phi) is 6.48. The lowest BCUT2D eigenvalue weighted by atomic mass is 9.82. The molecule has 0 spiro atoms. The summed E-state index contributed by atoms with van der Waals surface area (Å²) in [5.41, 5.74) is 1.57. The van der Waals surface area contributed by atoms with Gasteiger partial charge in [-0.1, -0.05) is 39.5 Å². The summed E-state index contributed by atoms with van der Waals surface area (Å²) < 4.78 is 11.0. The van der Waals surface area contributed by atoms with Gasteiger partial charge in [-0.2, -0.15) is 0 Å². The summed E-state index contributed by atoms with van der Waals surface area (Å²) in [6, 6.07) is 6.05. The molecule has 1 aromatic carbocycles. The van der Waals surface area contributed by atoms with Gasteiger partial charge in [0.25, 0.3) is 0 Å². The molecule has 0 bridgehead atoms. The molecule has 3 heteroatoms.